The highest BCUT2D eigenvalue weighted by Crippen LogP contribution is 2.31. The second kappa shape index (κ2) is 7.29. The average Bonchev–Trinajstić information content (AvgIpc) is 2.97. The van der Waals surface area contributed by atoms with Gasteiger partial charge < -0.3 is 19.8 Å². The predicted octanol–water partition coefficient (Wildman–Crippen LogP) is 4.39. The van der Waals surface area contributed by atoms with Crippen molar-refractivity contribution in [3.05, 3.63) is 59.3 Å². The van der Waals surface area contributed by atoms with E-state index in [1.807, 2.05) is 31.4 Å². The van der Waals surface area contributed by atoms with Crippen LogP contribution in [0.1, 0.15) is 16.7 Å². The first-order valence-electron chi connectivity index (χ1n) is 8.06. The van der Waals surface area contributed by atoms with Gasteiger partial charge in [-0.15, -0.1) is 13.2 Å². The molecule has 3 rings (SSSR count). The lowest BCUT2D eigenvalue weighted by molar-refractivity contribution is -0.274. The maximum atomic E-state index is 12.4. The number of aromatic nitrogens is 1. The summed E-state index contributed by atoms with van der Waals surface area (Å²) in [5.74, 6) is 0.0591. The van der Waals surface area contributed by atoms with Crippen LogP contribution in [0.5, 0.6) is 11.5 Å². The van der Waals surface area contributed by atoms with Gasteiger partial charge in [-0.2, -0.15) is 0 Å². The van der Waals surface area contributed by atoms with Crippen molar-refractivity contribution < 1.29 is 22.6 Å². The van der Waals surface area contributed by atoms with Crippen molar-refractivity contribution in [2.24, 2.45) is 0 Å². The molecule has 0 saturated carbocycles. The SMILES string of the molecule is CNCc1c[nH]c2cc(Cc3ccc(OC(F)(F)F)cc3OC)ccc12. The third-order valence-electron chi connectivity index (χ3n) is 4.09. The lowest BCUT2D eigenvalue weighted by Gasteiger charge is -2.13. The molecule has 138 valence electrons. The molecule has 0 spiro atoms. The predicted molar refractivity (Wildman–Crippen MR) is 93.5 cm³/mol. The number of alkyl halides is 3. The fourth-order valence-electron chi connectivity index (χ4n) is 2.97. The van der Waals surface area contributed by atoms with Crippen LogP contribution in [-0.4, -0.2) is 25.5 Å². The summed E-state index contributed by atoms with van der Waals surface area (Å²) in [5.41, 5.74) is 4.01. The van der Waals surface area contributed by atoms with Crippen LogP contribution in [0, 0.1) is 0 Å². The molecule has 0 saturated heterocycles. The van der Waals surface area contributed by atoms with Crippen LogP contribution in [0.2, 0.25) is 0 Å². The third kappa shape index (κ3) is 4.11. The Labute approximate surface area is 148 Å². The molecule has 0 radical (unpaired) electrons. The molecule has 0 aliphatic heterocycles. The zero-order chi connectivity index (χ0) is 18.7. The van der Waals surface area contributed by atoms with Crippen molar-refractivity contribution in [2.75, 3.05) is 14.2 Å². The standard InChI is InChI=1S/C19H19F3N2O2/c1-23-10-14-11-24-17-8-12(3-6-16(14)17)7-13-4-5-15(9-18(13)25-2)26-19(20,21)22/h3-6,8-9,11,23-24H,7,10H2,1-2H3. The van der Waals surface area contributed by atoms with E-state index in [0.29, 0.717) is 12.2 Å². The molecule has 0 atom stereocenters. The highest BCUT2D eigenvalue weighted by Gasteiger charge is 2.31. The minimum Gasteiger partial charge on any atom is -0.496 e. The molecule has 0 aliphatic carbocycles. The van der Waals surface area contributed by atoms with Gasteiger partial charge in [0.25, 0.3) is 0 Å². The van der Waals surface area contributed by atoms with Crippen molar-refractivity contribution in [2.45, 2.75) is 19.3 Å². The van der Waals surface area contributed by atoms with Crippen LogP contribution < -0.4 is 14.8 Å². The first-order valence-corrected chi connectivity index (χ1v) is 8.06. The second-order valence-electron chi connectivity index (χ2n) is 5.92. The van der Waals surface area contributed by atoms with Gasteiger partial charge in [0.1, 0.15) is 11.5 Å². The molecule has 2 N–H and O–H groups in total. The highest BCUT2D eigenvalue weighted by atomic mass is 19.4. The fraction of sp³-hybridized carbons (Fsp3) is 0.263. The molecular formula is C19H19F3N2O2. The maximum absolute atomic E-state index is 12.4. The highest BCUT2D eigenvalue weighted by molar-refractivity contribution is 5.83. The third-order valence-corrected chi connectivity index (χ3v) is 4.09. The average molecular weight is 364 g/mol. The van der Waals surface area contributed by atoms with Gasteiger partial charge in [-0.3, -0.25) is 0 Å². The van der Waals surface area contributed by atoms with Gasteiger partial charge in [-0.1, -0.05) is 18.2 Å². The molecule has 2 aromatic carbocycles. The molecule has 0 amide bonds. The number of hydrogen-bond acceptors (Lipinski definition) is 3. The molecule has 3 aromatic rings. The first kappa shape index (κ1) is 18.1. The van der Waals surface area contributed by atoms with E-state index in [0.717, 1.165) is 28.6 Å². The van der Waals surface area contributed by atoms with E-state index < -0.39 is 6.36 Å². The number of halogens is 3. The summed E-state index contributed by atoms with van der Waals surface area (Å²) in [4.78, 5) is 3.25. The Hall–Kier alpha value is -2.67. The van der Waals surface area contributed by atoms with Crippen LogP contribution in [-0.2, 0) is 13.0 Å². The molecule has 0 unspecified atom stereocenters. The van der Waals surface area contributed by atoms with E-state index in [1.165, 1.54) is 24.8 Å². The second-order valence-corrected chi connectivity index (χ2v) is 5.92. The van der Waals surface area contributed by atoms with Gasteiger partial charge in [0.05, 0.1) is 7.11 Å². The number of nitrogens with one attached hydrogen (secondary N) is 2. The van der Waals surface area contributed by atoms with E-state index in [4.69, 9.17) is 4.74 Å². The van der Waals surface area contributed by atoms with Gasteiger partial charge in [0.15, 0.2) is 0 Å². The van der Waals surface area contributed by atoms with Crippen molar-refractivity contribution >= 4 is 10.9 Å². The van der Waals surface area contributed by atoms with Crippen LogP contribution in [0.15, 0.2) is 42.6 Å². The largest absolute Gasteiger partial charge is 0.573 e. The van der Waals surface area contributed by atoms with Gasteiger partial charge >= 0.3 is 6.36 Å². The van der Waals surface area contributed by atoms with Gasteiger partial charge in [0.2, 0.25) is 0 Å². The van der Waals surface area contributed by atoms with Crippen molar-refractivity contribution in [3.63, 3.8) is 0 Å². The van der Waals surface area contributed by atoms with Gasteiger partial charge in [-0.05, 0) is 35.9 Å². The Morgan fingerprint density at radius 2 is 1.88 bits per heavy atom. The van der Waals surface area contributed by atoms with Crippen LogP contribution >= 0.6 is 0 Å². The summed E-state index contributed by atoms with van der Waals surface area (Å²) in [5, 5.41) is 4.27. The lowest BCUT2D eigenvalue weighted by atomic mass is 10.0. The molecule has 0 bridgehead atoms. The Balaban J connectivity index is 1.85. The molecule has 0 fully saturated rings. The van der Waals surface area contributed by atoms with Crippen LogP contribution in [0.25, 0.3) is 10.9 Å². The number of aromatic amines is 1. The van der Waals surface area contributed by atoms with E-state index in [2.05, 4.69) is 15.0 Å². The molecule has 1 heterocycles. The number of rotatable bonds is 6. The zero-order valence-corrected chi connectivity index (χ0v) is 14.4. The number of benzene rings is 2. The Kier molecular flexibility index (Phi) is 5.08. The number of methoxy groups -OCH3 is 1. The maximum Gasteiger partial charge on any atom is 0.573 e. The van der Waals surface area contributed by atoms with Gasteiger partial charge in [0, 0.05) is 36.1 Å². The Morgan fingerprint density at radius 3 is 2.58 bits per heavy atom. The molecule has 1 aromatic heterocycles. The molecule has 26 heavy (non-hydrogen) atoms. The number of fused-ring (bicyclic) bond motifs is 1. The molecular weight excluding hydrogens is 345 g/mol. The normalized spacial score (nSPS) is 11.7. The topological polar surface area (TPSA) is 46.3 Å². The Morgan fingerprint density at radius 1 is 1.08 bits per heavy atom. The summed E-state index contributed by atoms with van der Waals surface area (Å²) in [6, 6.07) is 10.2. The molecule has 4 nitrogen and oxygen atoms in total. The summed E-state index contributed by atoms with van der Waals surface area (Å²) < 4.78 is 46.3. The van der Waals surface area contributed by atoms with Crippen LogP contribution in [0.4, 0.5) is 13.2 Å². The van der Waals surface area contributed by atoms with E-state index >= 15 is 0 Å². The Bertz CT molecular complexity index is 903. The monoisotopic (exact) mass is 364 g/mol. The number of ether oxygens (including phenoxy) is 2. The van der Waals surface area contributed by atoms with E-state index in [1.54, 1.807) is 6.07 Å². The quantitative estimate of drug-likeness (QED) is 0.682. The zero-order valence-electron chi connectivity index (χ0n) is 14.4. The minimum absolute atomic E-state index is 0.297. The summed E-state index contributed by atoms with van der Waals surface area (Å²) >= 11 is 0. The summed E-state index contributed by atoms with van der Waals surface area (Å²) in [6.45, 7) is 0.772. The number of H-pyrrole nitrogens is 1. The summed E-state index contributed by atoms with van der Waals surface area (Å²) in [7, 11) is 3.32. The van der Waals surface area contributed by atoms with Crippen molar-refractivity contribution in [3.8, 4) is 11.5 Å². The van der Waals surface area contributed by atoms with Crippen molar-refractivity contribution in [1.82, 2.24) is 10.3 Å². The van der Waals surface area contributed by atoms with E-state index in [-0.39, 0.29) is 5.75 Å². The molecule has 0 aliphatic rings. The fourth-order valence-corrected chi connectivity index (χ4v) is 2.97. The van der Waals surface area contributed by atoms with Gasteiger partial charge in [-0.25, -0.2) is 0 Å². The smallest absolute Gasteiger partial charge is 0.496 e. The summed E-state index contributed by atoms with van der Waals surface area (Å²) in [6.07, 6.45) is -2.23. The van der Waals surface area contributed by atoms with Crippen molar-refractivity contribution in [1.29, 1.82) is 0 Å². The lowest BCUT2D eigenvalue weighted by Crippen LogP contribution is -2.17. The van der Waals surface area contributed by atoms with Crippen LogP contribution in [0.3, 0.4) is 0 Å². The number of hydrogen-bond donors (Lipinski definition) is 2. The first-order chi connectivity index (χ1) is 12.4. The molecule has 7 heteroatoms. The van der Waals surface area contributed by atoms with E-state index in [9.17, 15) is 13.2 Å². The minimum atomic E-state index is -4.73.